The van der Waals surface area contributed by atoms with Crippen LogP contribution in [0, 0.1) is 0 Å². The summed E-state index contributed by atoms with van der Waals surface area (Å²) in [6.45, 7) is 1.75. The van der Waals surface area contributed by atoms with Crippen LogP contribution in [0.25, 0.3) is 6.08 Å². The van der Waals surface area contributed by atoms with E-state index in [1.54, 1.807) is 37.3 Å². The van der Waals surface area contributed by atoms with Crippen LogP contribution in [0.2, 0.25) is 0 Å². The number of primary amides is 1. The van der Waals surface area contributed by atoms with Gasteiger partial charge in [0, 0.05) is 24.1 Å². The van der Waals surface area contributed by atoms with Crippen LogP contribution in [0.15, 0.2) is 30.3 Å². The largest absolute Gasteiger partial charge is 0.481 e. The maximum atomic E-state index is 11.6. The molecule has 2 amide bonds. The van der Waals surface area contributed by atoms with Gasteiger partial charge in [-0.2, -0.15) is 0 Å². The van der Waals surface area contributed by atoms with Crippen LogP contribution in [-0.4, -0.2) is 28.9 Å². The summed E-state index contributed by atoms with van der Waals surface area (Å²) in [7, 11) is 0. The van der Waals surface area contributed by atoms with Crippen molar-refractivity contribution < 1.29 is 19.5 Å². The summed E-state index contributed by atoms with van der Waals surface area (Å²) < 4.78 is 0. The molecule has 0 heterocycles. The molecule has 21 heavy (non-hydrogen) atoms. The van der Waals surface area contributed by atoms with Gasteiger partial charge in [-0.15, -0.1) is 0 Å². The number of carbonyl (C=O) groups is 3. The van der Waals surface area contributed by atoms with Crippen molar-refractivity contribution in [3.05, 3.63) is 41.5 Å². The predicted molar refractivity (Wildman–Crippen MR) is 78.5 cm³/mol. The second-order valence-corrected chi connectivity index (χ2v) is 4.66. The second-order valence-electron chi connectivity index (χ2n) is 4.66. The number of aliphatic carboxylic acids is 1. The predicted octanol–water partition coefficient (Wildman–Crippen LogP) is 1.17. The Morgan fingerprint density at radius 1 is 1.29 bits per heavy atom. The molecule has 0 aliphatic carbocycles. The number of carboxylic acids is 1. The molecule has 1 rings (SSSR count). The molecule has 0 aromatic heterocycles. The van der Waals surface area contributed by atoms with E-state index in [0.29, 0.717) is 12.0 Å². The van der Waals surface area contributed by atoms with E-state index in [1.165, 1.54) is 6.08 Å². The average molecular weight is 290 g/mol. The van der Waals surface area contributed by atoms with Crippen LogP contribution < -0.4 is 11.1 Å². The number of nitrogens with two attached hydrogens (primary N) is 1. The molecule has 4 N–H and O–H groups in total. The van der Waals surface area contributed by atoms with Crippen molar-refractivity contribution in [2.75, 3.05) is 0 Å². The van der Waals surface area contributed by atoms with E-state index in [0.717, 1.165) is 5.56 Å². The van der Waals surface area contributed by atoms with E-state index < -0.39 is 11.9 Å². The molecule has 0 spiro atoms. The average Bonchev–Trinajstić information content (AvgIpc) is 2.43. The van der Waals surface area contributed by atoms with E-state index in [-0.39, 0.29) is 18.4 Å². The minimum atomic E-state index is -0.888. The standard InChI is InChI=1S/C15H18N2O4/c1-10(2-9-14(19)20)17-13(18)8-5-11-3-6-12(7-4-11)15(16)21/h3-8,10H,2,9H2,1H3,(H2,16,21)(H,17,18)(H,19,20). The molecule has 0 bridgehead atoms. The molecule has 0 fully saturated rings. The van der Waals surface area contributed by atoms with Crippen molar-refractivity contribution >= 4 is 23.9 Å². The first-order valence-corrected chi connectivity index (χ1v) is 6.48. The van der Waals surface area contributed by atoms with Crippen molar-refractivity contribution in [1.82, 2.24) is 5.32 Å². The Hall–Kier alpha value is -2.63. The Morgan fingerprint density at radius 2 is 1.90 bits per heavy atom. The third-order valence-electron chi connectivity index (χ3n) is 2.80. The van der Waals surface area contributed by atoms with Gasteiger partial charge in [0.15, 0.2) is 0 Å². The van der Waals surface area contributed by atoms with E-state index in [2.05, 4.69) is 5.32 Å². The fourth-order valence-corrected chi connectivity index (χ4v) is 1.63. The Balaban J connectivity index is 2.49. The normalized spacial score (nSPS) is 12.0. The molecule has 0 saturated heterocycles. The van der Waals surface area contributed by atoms with Crippen molar-refractivity contribution in [1.29, 1.82) is 0 Å². The lowest BCUT2D eigenvalue weighted by Gasteiger charge is -2.10. The first-order chi connectivity index (χ1) is 9.88. The molecule has 112 valence electrons. The molecule has 1 aromatic carbocycles. The van der Waals surface area contributed by atoms with Gasteiger partial charge in [0.25, 0.3) is 0 Å². The lowest BCUT2D eigenvalue weighted by molar-refractivity contribution is -0.137. The second kappa shape index (κ2) is 7.84. The van der Waals surface area contributed by atoms with E-state index >= 15 is 0 Å². The Kier molecular flexibility index (Phi) is 6.13. The van der Waals surface area contributed by atoms with Gasteiger partial charge in [-0.05, 0) is 37.1 Å². The van der Waals surface area contributed by atoms with E-state index in [1.807, 2.05) is 0 Å². The molecule has 0 radical (unpaired) electrons. The maximum Gasteiger partial charge on any atom is 0.303 e. The Labute approximate surface area is 122 Å². The zero-order chi connectivity index (χ0) is 15.8. The lowest BCUT2D eigenvalue weighted by atomic mass is 10.1. The van der Waals surface area contributed by atoms with Crippen LogP contribution in [0.3, 0.4) is 0 Å². The van der Waals surface area contributed by atoms with E-state index in [4.69, 9.17) is 10.8 Å². The third-order valence-corrected chi connectivity index (χ3v) is 2.80. The smallest absolute Gasteiger partial charge is 0.303 e. The highest BCUT2D eigenvalue weighted by atomic mass is 16.4. The first-order valence-electron chi connectivity index (χ1n) is 6.48. The highest BCUT2D eigenvalue weighted by Gasteiger charge is 2.07. The number of rotatable bonds is 7. The molecule has 6 heteroatoms. The van der Waals surface area contributed by atoms with Gasteiger partial charge in [0.05, 0.1) is 0 Å². The number of hydrogen-bond donors (Lipinski definition) is 3. The van der Waals surface area contributed by atoms with Gasteiger partial charge in [-0.25, -0.2) is 0 Å². The maximum absolute atomic E-state index is 11.6. The lowest BCUT2D eigenvalue weighted by Crippen LogP contribution is -2.31. The molecular formula is C15H18N2O4. The Morgan fingerprint density at radius 3 is 2.43 bits per heavy atom. The summed E-state index contributed by atoms with van der Waals surface area (Å²) in [5.41, 5.74) is 6.29. The van der Waals surface area contributed by atoms with E-state index in [9.17, 15) is 14.4 Å². The molecule has 6 nitrogen and oxygen atoms in total. The van der Waals surface area contributed by atoms with Crippen LogP contribution in [0.1, 0.15) is 35.7 Å². The van der Waals surface area contributed by atoms with Gasteiger partial charge in [-0.1, -0.05) is 12.1 Å². The number of hydrogen-bond acceptors (Lipinski definition) is 3. The number of amides is 2. The summed E-state index contributed by atoms with van der Waals surface area (Å²) in [5, 5.41) is 11.2. The summed E-state index contributed by atoms with van der Waals surface area (Å²) in [6.07, 6.45) is 3.35. The number of carbonyl (C=O) groups excluding carboxylic acids is 2. The fraction of sp³-hybridized carbons (Fsp3) is 0.267. The van der Waals surface area contributed by atoms with Gasteiger partial charge >= 0.3 is 5.97 Å². The number of carboxylic acid groups (broad SMARTS) is 1. The quantitative estimate of drug-likeness (QED) is 0.655. The number of nitrogens with one attached hydrogen (secondary N) is 1. The molecule has 0 saturated carbocycles. The molecule has 1 atom stereocenters. The summed E-state index contributed by atoms with van der Waals surface area (Å²) in [5.74, 6) is -1.69. The summed E-state index contributed by atoms with van der Waals surface area (Å²) in [6, 6.07) is 6.30. The molecular weight excluding hydrogens is 272 g/mol. The zero-order valence-corrected chi connectivity index (χ0v) is 11.7. The third kappa shape index (κ3) is 6.38. The van der Waals surface area contributed by atoms with Crippen molar-refractivity contribution in [3.8, 4) is 0 Å². The summed E-state index contributed by atoms with van der Waals surface area (Å²) >= 11 is 0. The molecule has 1 unspecified atom stereocenters. The number of benzene rings is 1. The monoisotopic (exact) mass is 290 g/mol. The molecule has 1 aromatic rings. The van der Waals surface area contributed by atoms with Gasteiger partial charge in [0.2, 0.25) is 11.8 Å². The van der Waals surface area contributed by atoms with Gasteiger partial charge < -0.3 is 16.2 Å². The van der Waals surface area contributed by atoms with Crippen molar-refractivity contribution in [2.24, 2.45) is 5.73 Å². The highest BCUT2D eigenvalue weighted by Crippen LogP contribution is 2.05. The Bertz CT molecular complexity index is 549. The summed E-state index contributed by atoms with van der Waals surface area (Å²) in [4.78, 5) is 33.0. The highest BCUT2D eigenvalue weighted by molar-refractivity contribution is 5.94. The topological polar surface area (TPSA) is 109 Å². The minimum absolute atomic E-state index is 0.0136. The minimum Gasteiger partial charge on any atom is -0.481 e. The van der Waals surface area contributed by atoms with Crippen LogP contribution >= 0.6 is 0 Å². The SMILES string of the molecule is CC(CCC(=O)O)NC(=O)C=Cc1ccc(C(N)=O)cc1. The molecule has 0 aliphatic rings. The van der Waals surface area contributed by atoms with Crippen molar-refractivity contribution in [3.63, 3.8) is 0 Å². The zero-order valence-electron chi connectivity index (χ0n) is 11.7. The van der Waals surface area contributed by atoms with Gasteiger partial charge in [-0.3, -0.25) is 14.4 Å². The first kappa shape index (κ1) is 16.4. The van der Waals surface area contributed by atoms with Crippen molar-refractivity contribution in [2.45, 2.75) is 25.8 Å². The van der Waals surface area contributed by atoms with Crippen LogP contribution in [-0.2, 0) is 9.59 Å². The van der Waals surface area contributed by atoms with Crippen LogP contribution in [0.4, 0.5) is 0 Å². The fourth-order valence-electron chi connectivity index (χ4n) is 1.63. The van der Waals surface area contributed by atoms with Gasteiger partial charge in [0.1, 0.15) is 0 Å². The molecule has 0 aliphatic heterocycles. The van der Waals surface area contributed by atoms with Crippen LogP contribution in [0.5, 0.6) is 0 Å².